The number of alkyl carbamates (subject to hydrolysis) is 1. The number of primary amides is 1. The minimum Gasteiger partial charge on any atom is -0.445 e. The molecule has 1 atom stereocenters. The molecule has 1 unspecified atom stereocenters. The summed E-state index contributed by atoms with van der Waals surface area (Å²) >= 11 is 0. The van der Waals surface area contributed by atoms with Gasteiger partial charge in [0.1, 0.15) is 17.7 Å². The first kappa shape index (κ1) is 20.5. The number of carbonyl (C=O) groups is 3. The average molecular weight is 377 g/mol. The van der Waals surface area contributed by atoms with Crippen molar-refractivity contribution in [2.75, 3.05) is 13.1 Å². The summed E-state index contributed by atoms with van der Waals surface area (Å²) in [6, 6.07) is 9.28. The molecule has 8 nitrogen and oxygen atoms in total. The van der Waals surface area contributed by atoms with Crippen molar-refractivity contribution in [3.8, 4) is 0 Å². The Labute approximate surface area is 159 Å². The van der Waals surface area contributed by atoms with Crippen LogP contribution in [0.2, 0.25) is 0 Å². The number of hydrogen-bond donors (Lipinski definition) is 2. The Morgan fingerprint density at radius 2 is 1.89 bits per heavy atom. The van der Waals surface area contributed by atoms with Crippen LogP contribution in [-0.4, -0.2) is 47.2 Å². The monoisotopic (exact) mass is 377 g/mol. The Bertz CT molecular complexity index is 686. The third-order valence-electron chi connectivity index (χ3n) is 4.17. The van der Waals surface area contributed by atoms with Crippen LogP contribution in [0.15, 0.2) is 30.3 Å². The summed E-state index contributed by atoms with van der Waals surface area (Å²) in [4.78, 5) is 38.0. The smallest absolute Gasteiger partial charge is 0.410 e. The topological polar surface area (TPSA) is 111 Å². The summed E-state index contributed by atoms with van der Waals surface area (Å²) in [5.74, 6) is -0.714. The summed E-state index contributed by atoms with van der Waals surface area (Å²) in [5, 5.41) is 2.56. The zero-order valence-corrected chi connectivity index (χ0v) is 16.0. The number of benzene rings is 1. The van der Waals surface area contributed by atoms with Crippen molar-refractivity contribution in [3.63, 3.8) is 0 Å². The van der Waals surface area contributed by atoms with Gasteiger partial charge in [0.25, 0.3) is 0 Å². The summed E-state index contributed by atoms with van der Waals surface area (Å²) in [6.45, 7) is 5.64. The molecule has 3 amide bonds. The average Bonchev–Trinajstić information content (AvgIpc) is 2.59. The van der Waals surface area contributed by atoms with Crippen molar-refractivity contribution >= 4 is 18.1 Å². The maximum Gasteiger partial charge on any atom is 0.410 e. The molecular formula is C19H27N3O5. The molecule has 1 aliphatic heterocycles. The lowest BCUT2D eigenvalue weighted by molar-refractivity contribution is -0.126. The van der Waals surface area contributed by atoms with Gasteiger partial charge in [-0.3, -0.25) is 4.79 Å². The number of hydrogen-bond acceptors (Lipinski definition) is 5. The normalized spacial score (nSPS) is 19.9. The molecule has 1 fully saturated rings. The standard InChI is InChI=1S/C19H27N3O5/c1-18(2,3)27-16(24)21-19(15(20)23)10-7-11-22(13-19)17(25)26-12-14-8-5-4-6-9-14/h4-6,8-9H,7,10-13H2,1-3H3,(H2,20,23)(H,21,24). The number of ether oxygens (including phenoxy) is 2. The molecule has 3 N–H and O–H groups in total. The number of likely N-dealkylation sites (tertiary alicyclic amines) is 1. The Kier molecular flexibility index (Phi) is 6.30. The van der Waals surface area contributed by atoms with E-state index in [0.29, 0.717) is 19.4 Å². The molecule has 1 heterocycles. The van der Waals surface area contributed by atoms with E-state index in [4.69, 9.17) is 15.2 Å². The molecule has 1 aromatic carbocycles. The zero-order valence-electron chi connectivity index (χ0n) is 16.0. The number of nitrogens with two attached hydrogens (primary N) is 1. The van der Waals surface area contributed by atoms with Crippen LogP contribution in [0.25, 0.3) is 0 Å². The highest BCUT2D eigenvalue weighted by atomic mass is 16.6. The van der Waals surface area contributed by atoms with Crippen LogP contribution in [0.1, 0.15) is 39.2 Å². The van der Waals surface area contributed by atoms with Gasteiger partial charge in [0.05, 0.1) is 6.54 Å². The van der Waals surface area contributed by atoms with Gasteiger partial charge in [-0.2, -0.15) is 0 Å². The van der Waals surface area contributed by atoms with E-state index in [2.05, 4.69) is 5.32 Å². The maximum atomic E-state index is 12.4. The lowest BCUT2D eigenvalue weighted by Gasteiger charge is -2.40. The third-order valence-corrected chi connectivity index (χ3v) is 4.17. The van der Waals surface area contributed by atoms with Crippen molar-refractivity contribution in [2.24, 2.45) is 5.73 Å². The Hall–Kier alpha value is -2.77. The number of amides is 3. The van der Waals surface area contributed by atoms with E-state index in [1.54, 1.807) is 20.8 Å². The highest BCUT2D eigenvalue weighted by Gasteiger charge is 2.44. The third kappa shape index (κ3) is 5.87. The lowest BCUT2D eigenvalue weighted by atomic mass is 9.88. The SMILES string of the molecule is CC(C)(C)OC(=O)NC1(C(N)=O)CCCN(C(=O)OCc2ccccc2)C1. The van der Waals surface area contributed by atoms with Crippen LogP contribution in [0.5, 0.6) is 0 Å². The van der Waals surface area contributed by atoms with Gasteiger partial charge in [-0.05, 0) is 39.2 Å². The quantitative estimate of drug-likeness (QED) is 0.835. The van der Waals surface area contributed by atoms with E-state index in [0.717, 1.165) is 5.56 Å². The number of nitrogens with zero attached hydrogens (tertiary/aromatic N) is 1. The molecule has 0 spiro atoms. The van der Waals surface area contributed by atoms with E-state index in [9.17, 15) is 14.4 Å². The fraction of sp³-hybridized carbons (Fsp3) is 0.526. The second-order valence-corrected chi connectivity index (χ2v) is 7.64. The molecule has 2 rings (SSSR count). The first-order valence-corrected chi connectivity index (χ1v) is 8.88. The van der Waals surface area contributed by atoms with Crippen molar-refractivity contribution in [1.29, 1.82) is 0 Å². The minimum absolute atomic E-state index is 0.0603. The predicted octanol–water partition coefficient (Wildman–Crippen LogP) is 2.17. The van der Waals surface area contributed by atoms with Gasteiger partial charge in [-0.1, -0.05) is 30.3 Å². The van der Waals surface area contributed by atoms with Gasteiger partial charge in [-0.25, -0.2) is 9.59 Å². The van der Waals surface area contributed by atoms with Crippen LogP contribution in [-0.2, 0) is 20.9 Å². The van der Waals surface area contributed by atoms with Crippen molar-refractivity contribution in [1.82, 2.24) is 10.2 Å². The second-order valence-electron chi connectivity index (χ2n) is 7.64. The molecule has 27 heavy (non-hydrogen) atoms. The number of carbonyl (C=O) groups excluding carboxylic acids is 3. The van der Waals surface area contributed by atoms with E-state index in [1.165, 1.54) is 4.90 Å². The Morgan fingerprint density at radius 1 is 1.22 bits per heavy atom. The second kappa shape index (κ2) is 8.28. The van der Waals surface area contributed by atoms with E-state index < -0.39 is 29.2 Å². The van der Waals surface area contributed by atoms with E-state index >= 15 is 0 Å². The van der Waals surface area contributed by atoms with Gasteiger partial charge in [0.2, 0.25) is 5.91 Å². The number of piperidine rings is 1. The predicted molar refractivity (Wildman–Crippen MR) is 98.7 cm³/mol. The summed E-state index contributed by atoms with van der Waals surface area (Å²) in [5.41, 5.74) is 4.31. The molecule has 1 aliphatic rings. The van der Waals surface area contributed by atoms with Gasteiger partial charge in [0, 0.05) is 6.54 Å². The van der Waals surface area contributed by atoms with E-state index in [1.807, 2.05) is 30.3 Å². The summed E-state index contributed by atoms with van der Waals surface area (Å²) in [6.07, 6.45) is -0.487. The van der Waals surface area contributed by atoms with Gasteiger partial charge in [-0.15, -0.1) is 0 Å². The maximum absolute atomic E-state index is 12.4. The fourth-order valence-corrected chi connectivity index (χ4v) is 2.89. The highest BCUT2D eigenvalue weighted by molar-refractivity contribution is 5.89. The van der Waals surface area contributed by atoms with Crippen molar-refractivity contribution < 1.29 is 23.9 Å². The van der Waals surface area contributed by atoms with Crippen LogP contribution in [0, 0.1) is 0 Å². The molecule has 0 radical (unpaired) electrons. The Morgan fingerprint density at radius 3 is 2.48 bits per heavy atom. The van der Waals surface area contributed by atoms with Crippen LogP contribution >= 0.6 is 0 Å². The lowest BCUT2D eigenvalue weighted by Crippen LogP contribution is -2.66. The highest BCUT2D eigenvalue weighted by Crippen LogP contribution is 2.23. The largest absolute Gasteiger partial charge is 0.445 e. The van der Waals surface area contributed by atoms with Crippen LogP contribution < -0.4 is 11.1 Å². The molecule has 1 aromatic rings. The van der Waals surface area contributed by atoms with Gasteiger partial charge in [0.15, 0.2) is 0 Å². The Balaban J connectivity index is 2.02. The fourth-order valence-electron chi connectivity index (χ4n) is 2.89. The zero-order chi connectivity index (χ0) is 20.1. The molecule has 0 aliphatic carbocycles. The number of nitrogens with one attached hydrogen (secondary N) is 1. The van der Waals surface area contributed by atoms with Crippen LogP contribution in [0.4, 0.5) is 9.59 Å². The summed E-state index contributed by atoms with van der Waals surface area (Å²) in [7, 11) is 0. The first-order chi connectivity index (χ1) is 12.6. The number of rotatable bonds is 4. The molecular weight excluding hydrogens is 350 g/mol. The molecule has 148 valence electrons. The van der Waals surface area contributed by atoms with Gasteiger partial charge < -0.3 is 25.4 Å². The summed E-state index contributed by atoms with van der Waals surface area (Å²) < 4.78 is 10.5. The molecule has 0 bridgehead atoms. The minimum atomic E-state index is -1.38. The molecule has 0 aromatic heterocycles. The molecule has 0 saturated carbocycles. The van der Waals surface area contributed by atoms with E-state index in [-0.39, 0.29) is 13.2 Å². The van der Waals surface area contributed by atoms with Crippen molar-refractivity contribution in [3.05, 3.63) is 35.9 Å². The molecule has 8 heteroatoms. The molecule has 1 saturated heterocycles. The van der Waals surface area contributed by atoms with Crippen molar-refractivity contribution in [2.45, 2.75) is 51.4 Å². The van der Waals surface area contributed by atoms with Gasteiger partial charge >= 0.3 is 12.2 Å². The van der Waals surface area contributed by atoms with Crippen LogP contribution in [0.3, 0.4) is 0 Å². The first-order valence-electron chi connectivity index (χ1n) is 8.88.